The highest BCUT2D eigenvalue weighted by atomic mass is 32.2. The highest BCUT2D eigenvalue weighted by Gasteiger charge is 2.35. The lowest BCUT2D eigenvalue weighted by atomic mass is 10.2. The van der Waals surface area contributed by atoms with Gasteiger partial charge >= 0.3 is 0 Å². The van der Waals surface area contributed by atoms with Gasteiger partial charge in [0.1, 0.15) is 0 Å². The summed E-state index contributed by atoms with van der Waals surface area (Å²) in [5, 5.41) is 8.90. The number of rotatable bonds is 3. The molecular weight excluding hydrogens is 286 g/mol. The monoisotopic (exact) mass is 305 g/mol. The number of hydrogen-bond acceptors (Lipinski definition) is 4. The molecule has 0 amide bonds. The molecule has 112 valence electrons. The third kappa shape index (κ3) is 3.10. The molecule has 5 nitrogen and oxygen atoms in total. The fraction of sp³-hybridized carbons (Fsp3) is 0.533. The van der Waals surface area contributed by atoms with E-state index in [9.17, 15) is 8.42 Å². The Balaban J connectivity index is 1.73. The minimum absolute atomic E-state index is 0.0186. The Morgan fingerprint density at radius 2 is 2.14 bits per heavy atom. The van der Waals surface area contributed by atoms with Crippen LogP contribution in [-0.2, 0) is 15.8 Å². The first-order chi connectivity index (χ1) is 10.1. The van der Waals surface area contributed by atoms with E-state index in [1.807, 2.05) is 6.07 Å². The Kier molecular flexibility index (Phi) is 3.98. The Morgan fingerprint density at radius 1 is 1.29 bits per heavy atom. The van der Waals surface area contributed by atoms with Crippen molar-refractivity contribution in [1.82, 2.24) is 9.21 Å². The maximum absolute atomic E-state index is 12.6. The van der Waals surface area contributed by atoms with Crippen LogP contribution in [0, 0.1) is 11.3 Å². The van der Waals surface area contributed by atoms with E-state index in [1.165, 1.54) is 6.42 Å². The second-order valence-corrected chi connectivity index (χ2v) is 7.73. The molecular formula is C15H19N3O2S. The zero-order valence-electron chi connectivity index (χ0n) is 11.9. The van der Waals surface area contributed by atoms with E-state index in [-0.39, 0.29) is 5.75 Å². The lowest BCUT2D eigenvalue weighted by Crippen LogP contribution is -2.52. The van der Waals surface area contributed by atoms with Crippen molar-refractivity contribution in [3.63, 3.8) is 0 Å². The average Bonchev–Trinajstić information content (AvgIpc) is 2.94. The average molecular weight is 305 g/mol. The largest absolute Gasteiger partial charge is 0.298 e. The number of benzene rings is 1. The lowest BCUT2D eigenvalue weighted by Gasteiger charge is -2.36. The molecule has 0 saturated carbocycles. The zero-order chi connectivity index (χ0) is 14.9. The second-order valence-electron chi connectivity index (χ2n) is 5.76. The van der Waals surface area contributed by atoms with Crippen LogP contribution in [-0.4, -0.2) is 49.8 Å². The van der Waals surface area contributed by atoms with Gasteiger partial charge in [-0.15, -0.1) is 0 Å². The molecule has 2 aliphatic heterocycles. The highest BCUT2D eigenvalue weighted by molar-refractivity contribution is 7.88. The van der Waals surface area contributed by atoms with Crippen molar-refractivity contribution in [3.05, 3.63) is 35.4 Å². The van der Waals surface area contributed by atoms with Crippen molar-refractivity contribution in [2.45, 2.75) is 24.6 Å². The molecule has 0 unspecified atom stereocenters. The highest BCUT2D eigenvalue weighted by Crippen LogP contribution is 2.24. The lowest BCUT2D eigenvalue weighted by molar-refractivity contribution is 0.158. The van der Waals surface area contributed by atoms with E-state index in [0.717, 1.165) is 19.5 Å². The van der Waals surface area contributed by atoms with Gasteiger partial charge in [0.15, 0.2) is 0 Å². The topological polar surface area (TPSA) is 64.4 Å². The molecule has 0 aliphatic carbocycles. The summed E-state index contributed by atoms with van der Waals surface area (Å²) in [5.41, 5.74) is 1.19. The van der Waals surface area contributed by atoms with Gasteiger partial charge in [0.25, 0.3) is 0 Å². The molecule has 21 heavy (non-hydrogen) atoms. The van der Waals surface area contributed by atoms with E-state index in [2.05, 4.69) is 4.90 Å². The van der Waals surface area contributed by atoms with Gasteiger partial charge in [0.05, 0.1) is 17.4 Å². The molecule has 0 bridgehead atoms. The smallest absolute Gasteiger partial charge is 0.218 e. The van der Waals surface area contributed by atoms with E-state index in [1.54, 1.807) is 28.6 Å². The van der Waals surface area contributed by atoms with Crippen molar-refractivity contribution >= 4 is 10.0 Å². The summed E-state index contributed by atoms with van der Waals surface area (Å²) in [6, 6.07) is 9.28. The minimum Gasteiger partial charge on any atom is -0.298 e. The van der Waals surface area contributed by atoms with Crippen LogP contribution >= 0.6 is 0 Å². The van der Waals surface area contributed by atoms with E-state index in [4.69, 9.17) is 5.26 Å². The van der Waals surface area contributed by atoms with Gasteiger partial charge in [-0.25, -0.2) is 8.42 Å². The van der Waals surface area contributed by atoms with Crippen LogP contribution in [0.25, 0.3) is 0 Å². The van der Waals surface area contributed by atoms with Gasteiger partial charge in [0, 0.05) is 25.7 Å². The molecule has 2 heterocycles. The summed E-state index contributed by atoms with van der Waals surface area (Å²) < 4.78 is 26.8. The molecule has 1 aromatic rings. The second kappa shape index (κ2) is 5.76. The number of piperazine rings is 1. The normalized spacial score (nSPS) is 23.7. The molecule has 1 aromatic carbocycles. The van der Waals surface area contributed by atoms with Gasteiger partial charge in [0.2, 0.25) is 10.0 Å². The molecule has 0 spiro atoms. The van der Waals surface area contributed by atoms with Crippen LogP contribution in [0.5, 0.6) is 0 Å². The van der Waals surface area contributed by atoms with Crippen LogP contribution in [0.4, 0.5) is 0 Å². The van der Waals surface area contributed by atoms with Gasteiger partial charge in [-0.3, -0.25) is 4.90 Å². The van der Waals surface area contributed by atoms with Gasteiger partial charge in [-0.2, -0.15) is 9.57 Å². The van der Waals surface area contributed by atoms with Gasteiger partial charge in [-0.1, -0.05) is 12.1 Å². The molecule has 2 fully saturated rings. The molecule has 2 aliphatic rings. The number of sulfonamides is 1. The standard InChI is InChI=1S/C15H19N3O2S/c16-10-13-3-1-4-14(9-13)12-21(19,20)18-8-7-17-6-2-5-15(17)11-18/h1,3-4,9,15H,2,5-8,11-12H2/t15-/m1/s1. The van der Waals surface area contributed by atoms with Crippen LogP contribution in [0.1, 0.15) is 24.0 Å². The predicted octanol–water partition coefficient (Wildman–Crippen LogP) is 1.17. The summed E-state index contributed by atoms with van der Waals surface area (Å²) >= 11 is 0. The Labute approximate surface area is 125 Å². The first-order valence-corrected chi connectivity index (χ1v) is 8.90. The van der Waals surface area contributed by atoms with Crippen LogP contribution in [0.15, 0.2) is 24.3 Å². The molecule has 2 saturated heterocycles. The zero-order valence-corrected chi connectivity index (χ0v) is 12.7. The minimum atomic E-state index is -3.30. The third-order valence-corrected chi connectivity index (χ3v) is 6.17. The summed E-state index contributed by atoms with van der Waals surface area (Å²) in [6.07, 6.45) is 2.26. The Hall–Kier alpha value is -1.42. The summed E-state index contributed by atoms with van der Waals surface area (Å²) in [7, 11) is -3.30. The predicted molar refractivity (Wildman–Crippen MR) is 79.9 cm³/mol. The first-order valence-electron chi connectivity index (χ1n) is 7.29. The van der Waals surface area contributed by atoms with E-state index in [0.29, 0.717) is 30.3 Å². The van der Waals surface area contributed by atoms with E-state index >= 15 is 0 Å². The number of nitrogens with zero attached hydrogens (tertiary/aromatic N) is 3. The van der Waals surface area contributed by atoms with Crippen LogP contribution in [0.3, 0.4) is 0 Å². The molecule has 3 rings (SSSR count). The van der Waals surface area contributed by atoms with Crippen LogP contribution in [0.2, 0.25) is 0 Å². The maximum atomic E-state index is 12.6. The van der Waals surface area contributed by atoms with Crippen molar-refractivity contribution < 1.29 is 8.42 Å². The maximum Gasteiger partial charge on any atom is 0.218 e. The van der Waals surface area contributed by atoms with Crippen molar-refractivity contribution in [3.8, 4) is 6.07 Å². The Bertz CT molecular complexity index is 666. The molecule has 1 atom stereocenters. The summed E-state index contributed by atoms with van der Waals surface area (Å²) in [4.78, 5) is 2.39. The fourth-order valence-corrected chi connectivity index (χ4v) is 4.79. The molecule has 0 radical (unpaired) electrons. The molecule has 0 aromatic heterocycles. The van der Waals surface area contributed by atoms with E-state index < -0.39 is 10.0 Å². The quantitative estimate of drug-likeness (QED) is 0.841. The van der Waals surface area contributed by atoms with Gasteiger partial charge < -0.3 is 0 Å². The van der Waals surface area contributed by atoms with Crippen molar-refractivity contribution in [2.24, 2.45) is 0 Å². The summed E-state index contributed by atoms with van der Waals surface area (Å²) in [5.74, 6) is -0.0186. The number of hydrogen-bond donors (Lipinski definition) is 0. The third-order valence-electron chi connectivity index (χ3n) is 4.35. The first kappa shape index (κ1) is 14.5. The van der Waals surface area contributed by atoms with Gasteiger partial charge in [-0.05, 0) is 37.1 Å². The number of nitriles is 1. The van der Waals surface area contributed by atoms with Crippen molar-refractivity contribution in [1.29, 1.82) is 5.26 Å². The summed E-state index contributed by atoms with van der Waals surface area (Å²) in [6.45, 7) is 3.13. The SMILES string of the molecule is N#Cc1cccc(CS(=O)(=O)N2CCN3CCC[C@@H]3C2)c1. The van der Waals surface area contributed by atoms with Crippen LogP contribution < -0.4 is 0 Å². The Morgan fingerprint density at radius 3 is 2.95 bits per heavy atom. The van der Waals surface area contributed by atoms with Crippen molar-refractivity contribution in [2.75, 3.05) is 26.2 Å². The molecule has 0 N–H and O–H groups in total. The number of fused-ring (bicyclic) bond motifs is 1. The molecule has 6 heteroatoms. The fourth-order valence-electron chi connectivity index (χ4n) is 3.25.